The standard InChI is InChI=1S/C28H27NO.ClH/c1-2-7-22(8-3-1)25-11-6-12-26(18-25)27-15-16-29-19-28(27)30-20-21-13-14-23-9-4-5-10-24(23)17-21;/h1-14,17-18,27-29H,15-16,19-20H2;1H/t27-,28+;/m1./s1. The number of benzene rings is 4. The van der Waals surface area contributed by atoms with Crippen molar-refractivity contribution in [3.05, 3.63) is 108 Å². The molecule has 3 heteroatoms. The first kappa shape index (κ1) is 21.6. The molecule has 0 aliphatic carbocycles. The van der Waals surface area contributed by atoms with Crippen LogP contribution < -0.4 is 5.32 Å². The predicted molar refractivity (Wildman–Crippen MR) is 132 cm³/mol. The lowest BCUT2D eigenvalue weighted by Crippen LogP contribution is -2.41. The van der Waals surface area contributed by atoms with Crippen LogP contribution in [0.1, 0.15) is 23.5 Å². The molecule has 0 unspecified atom stereocenters. The summed E-state index contributed by atoms with van der Waals surface area (Å²) in [6, 6.07) is 34.7. The fourth-order valence-corrected chi connectivity index (χ4v) is 4.50. The number of nitrogens with one attached hydrogen (secondary N) is 1. The van der Waals surface area contributed by atoms with Crippen LogP contribution in [-0.4, -0.2) is 19.2 Å². The number of hydrogen-bond donors (Lipinski definition) is 1. The van der Waals surface area contributed by atoms with Gasteiger partial charge in [0.05, 0.1) is 12.7 Å². The summed E-state index contributed by atoms with van der Waals surface area (Å²) in [5.41, 5.74) is 5.15. The van der Waals surface area contributed by atoms with Crippen molar-refractivity contribution in [1.29, 1.82) is 0 Å². The van der Waals surface area contributed by atoms with E-state index in [0.29, 0.717) is 12.5 Å². The molecular formula is C28H28ClNO. The Labute approximate surface area is 190 Å². The highest BCUT2D eigenvalue weighted by molar-refractivity contribution is 5.85. The molecular weight excluding hydrogens is 402 g/mol. The van der Waals surface area contributed by atoms with E-state index in [1.807, 2.05) is 0 Å². The van der Waals surface area contributed by atoms with E-state index in [-0.39, 0.29) is 18.5 Å². The molecule has 2 atom stereocenters. The third-order valence-electron chi connectivity index (χ3n) is 6.13. The fourth-order valence-electron chi connectivity index (χ4n) is 4.50. The van der Waals surface area contributed by atoms with E-state index < -0.39 is 0 Å². The van der Waals surface area contributed by atoms with Gasteiger partial charge in [0.2, 0.25) is 0 Å². The van der Waals surface area contributed by atoms with Crippen molar-refractivity contribution >= 4 is 23.2 Å². The molecule has 31 heavy (non-hydrogen) atoms. The quantitative estimate of drug-likeness (QED) is 0.386. The zero-order valence-corrected chi connectivity index (χ0v) is 18.4. The highest BCUT2D eigenvalue weighted by Gasteiger charge is 2.27. The molecule has 0 bridgehead atoms. The summed E-state index contributed by atoms with van der Waals surface area (Å²) in [7, 11) is 0. The fraction of sp³-hybridized carbons (Fsp3) is 0.214. The molecule has 0 aromatic heterocycles. The lowest BCUT2D eigenvalue weighted by Gasteiger charge is -2.33. The minimum Gasteiger partial charge on any atom is -0.372 e. The Morgan fingerprint density at radius 1 is 0.742 bits per heavy atom. The van der Waals surface area contributed by atoms with Gasteiger partial charge < -0.3 is 10.1 Å². The van der Waals surface area contributed by atoms with Crippen molar-refractivity contribution in [2.45, 2.75) is 25.0 Å². The molecule has 4 aromatic carbocycles. The normalized spacial score (nSPS) is 18.5. The SMILES string of the molecule is Cl.c1ccc(-c2cccc([C@H]3CCNC[C@@H]3OCc3ccc4ccccc4c3)c2)cc1. The lowest BCUT2D eigenvalue weighted by atomic mass is 9.86. The minimum atomic E-state index is 0. The molecule has 1 aliphatic heterocycles. The van der Waals surface area contributed by atoms with E-state index in [1.54, 1.807) is 0 Å². The maximum absolute atomic E-state index is 6.47. The van der Waals surface area contributed by atoms with Crippen molar-refractivity contribution in [2.24, 2.45) is 0 Å². The molecule has 1 fully saturated rings. The van der Waals surface area contributed by atoms with Gasteiger partial charge in [-0.05, 0) is 52.1 Å². The average Bonchev–Trinajstić information content (AvgIpc) is 2.83. The van der Waals surface area contributed by atoms with Gasteiger partial charge in [0.15, 0.2) is 0 Å². The molecule has 1 N–H and O–H groups in total. The van der Waals surface area contributed by atoms with E-state index in [1.165, 1.54) is 33.0 Å². The Balaban J connectivity index is 0.00000231. The first-order chi connectivity index (χ1) is 14.9. The van der Waals surface area contributed by atoms with E-state index >= 15 is 0 Å². The largest absolute Gasteiger partial charge is 0.372 e. The topological polar surface area (TPSA) is 21.3 Å². The maximum atomic E-state index is 6.47. The molecule has 0 radical (unpaired) electrons. The Morgan fingerprint density at radius 3 is 2.39 bits per heavy atom. The van der Waals surface area contributed by atoms with Gasteiger partial charge in [-0.15, -0.1) is 12.4 Å². The molecule has 2 nitrogen and oxygen atoms in total. The molecule has 1 aliphatic rings. The number of ether oxygens (including phenoxy) is 1. The van der Waals surface area contributed by atoms with Crippen LogP contribution in [0.15, 0.2) is 97.1 Å². The van der Waals surface area contributed by atoms with Gasteiger partial charge in [0.1, 0.15) is 0 Å². The zero-order valence-electron chi connectivity index (χ0n) is 17.5. The van der Waals surface area contributed by atoms with Crippen molar-refractivity contribution in [3.63, 3.8) is 0 Å². The number of halogens is 1. The lowest BCUT2D eigenvalue weighted by molar-refractivity contribution is 0.0107. The monoisotopic (exact) mass is 429 g/mol. The van der Waals surface area contributed by atoms with Crippen molar-refractivity contribution in [2.75, 3.05) is 13.1 Å². The Bertz CT molecular complexity index is 1130. The number of hydrogen-bond acceptors (Lipinski definition) is 2. The minimum absolute atomic E-state index is 0. The summed E-state index contributed by atoms with van der Waals surface area (Å²) in [5.74, 6) is 0.412. The maximum Gasteiger partial charge on any atom is 0.0772 e. The van der Waals surface area contributed by atoms with E-state index in [4.69, 9.17) is 4.74 Å². The van der Waals surface area contributed by atoms with Crippen LogP contribution in [0, 0.1) is 0 Å². The van der Waals surface area contributed by atoms with Gasteiger partial charge in [-0.2, -0.15) is 0 Å². The Hall–Kier alpha value is -2.65. The van der Waals surface area contributed by atoms with E-state index in [0.717, 1.165) is 19.5 Å². The molecule has 158 valence electrons. The first-order valence-electron chi connectivity index (χ1n) is 10.8. The summed E-state index contributed by atoms with van der Waals surface area (Å²) < 4.78 is 6.47. The van der Waals surface area contributed by atoms with Crippen LogP contribution in [0.5, 0.6) is 0 Å². The van der Waals surface area contributed by atoms with Gasteiger partial charge in [-0.25, -0.2) is 0 Å². The summed E-state index contributed by atoms with van der Waals surface area (Å²) >= 11 is 0. The number of piperidine rings is 1. The summed E-state index contributed by atoms with van der Waals surface area (Å²) in [6.07, 6.45) is 1.27. The second-order valence-corrected chi connectivity index (χ2v) is 8.12. The van der Waals surface area contributed by atoms with Crippen LogP contribution in [-0.2, 0) is 11.3 Å². The van der Waals surface area contributed by atoms with Crippen LogP contribution in [0.2, 0.25) is 0 Å². The molecule has 1 heterocycles. The first-order valence-corrected chi connectivity index (χ1v) is 10.8. The smallest absolute Gasteiger partial charge is 0.0772 e. The molecule has 0 spiro atoms. The van der Waals surface area contributed by atoms with Crippen LogP contribution in [0.3, 0.4) is 0 Å². The second kappa shape index (κ2) is 10.1. The van der Waals surface area contributed by atoms with Crippen molar-refractivity contribution in [3.8, 4) is 11.1 Å². The third-order valence-corrected chi connectivity index (χ3v) is 6.13. The molecule has 4 aromatic rings. The Morgan fingerprint density at radius 2 is 1.52 bits per heavy atom. The van der Waals surface area contributed by atoms with Gasteiger partial charge in [0, 0.05) is 12.5 Å². The van der Waals surface area contributed by atoms with Crippen LogP contribution >= 0.6 is 12.4 Å². The summed E-state index contributed by atoms with van der Waals surface area (Å²) in [6.45, 7) is 2.58. The molecule has 0 saturated carbocycles. The van der Waals surface area contributed by atoms with Crippen molar-refractivity contribution < 1.29 is 4.74 Å². The van der Waals surface area contributed by atoms with E-state index in [9.17, 15) is 0 Å². The number of rotatable bonds is 5. The highest BCUT2D eigenvalue weighted by Crippen LogP contribution is 2.31. The van der Waals surface area contributed by atoms with Gasteiger partial charge in [-0.1, -0.05) is 91.0 Å². The highest BCUT2D eigenvalue weighted by atomic mass is 35.5. The average molecular weight is 430 g/mol. The predicted octanol–water partition coefficient (Wildman–Crippen LogP) is 6.59. The molecule has 5 rings (SSSR count). The summed E-state index contributed by atoms with van der Waals surface area (Å²) in [4.78, 5) is 0. The molecule has 0 amide bonds. The number of fused-ring (bicyclic) bond motifs is 1. The van der Waals surface area contributed by atoms with Gasteiger partial charge >= 0.3 is 0 Å². The van der Waals surface area contributed by atoms with Gasteiger partial charge in [-0.3, -0.25) is 0 Å². The molecule has 1 saturated heterocycles. The summed E-state index contributed by atoms with van der Waals surface area (Å²) in [5, 5.41) is 6.07. The van der Waals surface area contributed by atoms with Crippen LogP contribution in [0.25, 0.3) is 21.9 Å². The van der Waals surface area contributed by atoms with Gasteiger partial charge in [0.25, 0.3) is 0 Å². The zero-order chi connectivity index (χ0) is 20.2. The van der Waals surface area contributed by atoms with Crippen LogP contribution in [0.4, 0.5) is 0 Å². The Kier molecular flexibility index (Phi) is 7.03. The van der Waals surface area contributed by atoms with E-state index in [2.05, 4.69) is 102 Å². The van der Waals surface area contributed by atoms with Crippen molar-refractivity contribution in [1.82, 2.24) is 5.32 Å². The second-order valence-electron chi connectivity index (χ2n) is 8.12. The third kappa shape index (κ3) is 4.99.